The summed E-state index contributed by atoms with van der Waals surface area (Å²) in [6.07, 6.45) is 13.0. The highest BCUT2D eigenvalue weighted by Crippen LogP contribution is 2.33. The van der Waals surface area contributed by atoms with Gasteiger partial charge in [0.1, 0.15) is 0 Å². The smallest absolute Gasteiger partial charge is 0.234 e. The average Bonchev–Trinajstić information content (AvgIpc) is 3.60. The number of pyridine rings is 1. The van der Waals surface area contributed by atoms with Crippen LogP contribution in [-0.4, -0.2) is 43.1 Å². The van der Waals surface area contributed by atoms with Crippen molar-refractivity contribution in [1.82, 2.24) is 24.3 Å². The zero-order chi connectivity index (χ0) is 24.6. The molecule has 1 fully saturated rings. The van der Waals surface area contributed by atoms with Crippen LogP contribution in [0.3, 0.4) is 0 Å². The summed E-state index contributed by atoms with van der Waals surface area (Å²) in [6.45, 7) is 3.19. The maximum absolute atomic E-state index is 4.91. The van der Waals surface area contributed by atoms with Gasteiger partial charge in [0.2, 0.25) is 5.78 Å². The fourth-order valence-electron chi connectivity index (χ4n) is 5.64. The van der Waals surface area contributed by atoms with Crippen molar-refractivity contribution in [2.75, 3.05) is 13.1 Å². The lowest BCUT2D eigenvalue weighted by Gasteiger charge is -2.32. The predicted molar refractivity (Wildman–Crippen MR) is 147 cm³/mol. The maximum Gasteiger partial charge on any atom is 0.234 e. The maximum atomic E-state index is 4.91. The molecule has 5 aromatic rings. The van der Waals surface area contributed by atoms with Crippen LogP contribution >= 0.6 is 0 Å². The molecule has 0 unspecified atom stereocenters. The number of benzene rings is 2. The first-order valence-electron chi connectivity index (χ1n) is 13.0. The Labute approximate surface area is 216 Å². The molecule has 0 amide bonds. The first-order valence-corrected chi connectivity index (χ1v) is 13.0. The van der Waals surface area contributed by atoms with Gasteiger partial charge in [0.05, 0.1) is 11.4 Å². The van der Waals surface area contributed by atoms with Crippen LogP contribution in [0.1, 0.15) is 24.0 Å². The van der Waals surface area contributed by atoms with E-state index >= 15 is 0 Å². The molecule has 2 aliphatic rings. The number of imidazole rings is 1. The van der Waals surface area contributed by atoms with Gasteiger partial charge >= 0.3 is 0 Å². The normalized spacial score (nSPS) is 16.2. The SMILES string of the molecule is c1ccc(-c2cn3ccnc3nc2-c2ccc(CN3CCC(C4=Nc5ccncc5C4)CC3)cc2)cc1. The second-order valence-electron chi connectivity index (χ2n) is 10.0. The fourth-order valence-corrected chi connectivity index (χ4v) is 5.64. The van der Waals surface area contributed by atoms with Gasteiger partial charge in [0, 0.05) is 72.3 Å². The second-order valence-corrected chi connectivity index (χ2v) is 10.0. The lowest BCUT2D eigenvalue weighted by molar-refractivity contribution is 0.201. The van der Waals surface area contributed by atoms with Crippen molar-refractivity contribution in [3.05, 3.63) is 103 Å². The summed E-state index contributed by atoms with van der Waals surface area (Å²) >= 11 is 0. The Balaban J connectivity index is 1.05. The highest BCUT2D eigenvalue weighted by atomic mass is 15.1. The Morgan fingerprint density at radius 2 is 1.70 bits per heavy atom. The zero-order valence-corrected chi connectivity index (χ0v) is 20.7. The highest BCUT2D eigenvalue weighted by molar-refractivity contribution is 5.95. The number of likely N-dealkylation sites (tertiary alicyclic amines) is 1. The summed E-state index contributed by atoms with van der Waals surface area (Å²) in [4.78, 5) is 21.1. The third-order valence-corrected chi connectivity index (χ3v) is 7.67. The summed E-state index contributed by atoms with van der Waals surface area (Å²) in [5, 5.41) is 0. The lowest BCUT2D eigenvalue weighted by Crippen LogP contribution is -2.36. The quantitative estimate of drug-likeness (QED) is 0.307. The molecule has 2 aliphatic heterocycles. The van der Waals surface area contributed by atoms with Crippen molar-refractivity contribution in [3.8, 4) is 22.4 Å². The molecule has 1 saturated heterocycles. The number of aliphatic imine (C=N–C) groups is 1. The van der Waals surface area contributed by atoms with E-state index in [1.54, 1.807) is 6.20 Å². The third-order valence-electron chi connectivity index (χ3n) is 7.67. The third kappa shape index (κ3) is 4.34. The van der Waals surface area contributed by atoms with Gasteiger partial charge < -0.3 is 0 Å². The van der Waals surface area contributed by atoms with Crippen LogP contribution in [0.5, 0.6) is 0 Å². The number of aromatic nitrogens is 4. The van der Waals surface area contributed by atoms with Crippen molar-refractivity contribution >= 4 is 17.2 Å². The topological polar surface area (TPSA) is 58.7 Å². The molecule has 0 aliphatic carbocycles. The Hall–Kier alpha value is -4.16. The molecule has 0 bridgehead atoms. The monoisotopic (exact) mass is 484 g/mol. The molecule has 0 atom stereocenters. The van der Waals surface area contributed by atoms with Crippen molar-refractivity contribution in [2.24, 2.45) is 10.9 Å². The van der Waals surface area contributed by atoms with Crippen molar-refractivity contribution in [2.45, 2.75) is 25.8 Å². The van der Waals surface area contributed by atoms with Crippen LogP contribution in [0.4, 0.5) is 5.69 Å². The van der Waals surface area contributed by atoms with Gasteiger partial charge in [-0.25, -0.2) is 9.97 Å². The standard InChI is InChI=1S/C31H28N6/c1-2-4-23(5-3-1)27-21-37-17-14-33-31(37)35-30(27)25-8-6-22(7-9-25)20-36-15-11-24(12-16-36)29-18-26-19-32-13-10-28(26)34-29/h1-10,13-14,17,19,21,24H,11-12,15-16,18,20H2. The fraction of sp³-hybridized carbons (Fsp3) is 0.226. The number of nitrogens with zero attached hydrogens (tertiary/aromatic N) is 6. The van der Waals surface area contributed by atoms with E-state index in [0.29, 0.717) is 11.7 Å². The molecular weight excluding hydrogens is 456 g/mol. The van der Waals surface area contributed by atoms with Gasteiger partial charge in [0.15, 0.2) is 0 Å². The Morgan fingerprint density at radius 1 is 0.865 bits per heavy atom. The average molecular weight is 485 g/mol. The number of hydrogen-bond acceptors (Lipinski definition) is 5. The van der Waals surface area contributed by atoms with E-state index in [1.165, 1.54) is 29.7 Å². The summed E-state index contributed by atoms with van der Waals surface area (Å²) in [5.74, 6) is 1.30. The number of hydrogen-bond donors (Lipinski definition) is 0. The van der Waals surface area contributed by atoms with Crippen LogP contribution in [0.15, 0.2) is 96.6 Å². The van der Waals surface area contributed by atoms with E-state index in [-0.39, 0.29) is 0 Å². The lowest BCUT2D eigenvalue weighted by atomic mass is 9.89. The molecule has 182 valence electrons. The zero-order valence-electron chi connectivity index (χ0n) is 20.7. The number of piperidine rings is 1. The summed E-state index contributed by atoms with van der Waals surface area (Å²) in [6, 6.07) is 21.4. The first-order chi connectivity index (χ1) is 18.3. The number of rotatable bonds is 5. The van der Waals surface area contributed by atoms with Crippen LogP contribution in [0.2, 0.25) is 0 Å². The minimum Gasteiger partial charge on any atom is -0.299 e. The highest BCUT2D eigenvalue weighted by Gasteiger charge is 2.27. The minimum atomic E-state index is 0.589. The summed E-state index contributed by atoms with van der Waals surface area (Å²) in [5.41, 5.74) is 9.41. The largest absolute Gasteiger partial charge is 0.299 e. The van der Waals surface area contributed by atoms with E-state index in [4.69, 9.17) is 9.98 Å². The van der Waals surface area contributed by atoms with Gasteiger partial charge in [-0.3, -0.25) is 19.3 Å². The van der Waals surface area contributed by atoms with Crippen LogP contribution < -0.4 is 0 Å². The van der Waals surface area contributed by atoms with E-state index in [2.05, 4.69) is 69.6 Å². The molecule has 0 spiro atoms. The molecule has 6 nitrogen and oxygen atoms in total. The van der Waals surface area contributed by atoms with Gasteiger partial charge in [-0.1, -0.05) is 54.6 Å². The number of fused-ring (bicyclic) bond motifs is 2. The van der Waals surface area contributed by atoms with E-state index < -0.39 is 0 Å². The molecular formula is C31H28N6. The second kappa shape index (κ2) is 9.37. The van der Waals surface area contributed by atoms with Gasteiger partial charge in [-0.15, -0.1) is 0 Å². The van der Waals surface area contributed by atoms with Crippen LogP contribution in [0, 0.1) is 5.92 Å². The van der Waals surface area contributed by atoms with E-state index in [1.807, 2.05) is 35.1 Å². The van der Waals surface area contributed by atoms with E-state index in [9.17, 15) is 0 Å². The Morgan fingerprint density at radius 3 is 2.51 bits per heavy atom. The van der Waals surface area contributed by atoms with Gasteiger partial charge in [-0.05, 0) is 43.1 Å². The molecule has 37 heavy (non-hydrogen) atoms. The minimum absolute atomic E-state index is 0.589. The molecule has 7 rings (SSSR count). The molecule has 5 heterocycles. The summed E-state index contributed by atoms with van der Waals surface area (Å²) in [7, 11) is 0. The van der Waals surface area contributed by atoms with Crippen molar-refractivity contribution in [3.63, 3.8) is 0 Å². The Kier molecular flexibility index (Phi) is 5.59. The molecule has 0 radical (unpaired) electrons. The molecule has 0 N–H and O–H groups in total. The van der Waals surface area contributed by atoms with E-state index in [0.717, 1.165) is 54.1 Å². The molecule has 6 heteroatoms. The molecule has 3 aromatic heterocycles. The predicted octanol–water partition coefficient (Wildman–Crippen LogP) is 6.00. The van der Waals surface area contributed by atoms with Crippen LogP contribution in [-0.2, 0) is 13.0 Å². The molecule has 0 saturated carbocycles. The van der Waals surface area contributed by atoms with Crippen molar-refractivity contribution < 1.29 is 0 Å². The van der Waals surface area contributed by atoms with Crippen LogP contribution in [0.25, 0.3) is 28.2 Å². The van der Waals surface area contributed by atoms with Gasteiger partial charge in [-0.2, -0.15) is 0 Å². The Bertz CT molecular complexity index is 1580. The van der Waals surface area contributed by atoms with Gasteiger partial charge in [0.25, 0.3) is 0 Å². The first kappa shape index (κ1) is 22.1. The molecule has 2 aromatic carbocycles. The summed E-state index contributed by atoms with van der Waals surface area (Å²) < 4.78 is 1.98. The van der Waals surface area contributed by atoms with Crippen molar-refractivity contribution in [1.29, 1.82) is 0 Å².